The molecular weight excluding hydrogens is 593 g/mol. The Balaban J connectivity index is 0.894. The quantitative estimate of drug-likeness (QED) is 0.172. The highest BCUT2D eigenvalue weighted by molar-refractivity contribution is 7.98. The highest BCUT2D eigenvalue weighted by Gasteiger charge is 2.51. The predicted molar refractivity (Wildman–Crippen MR) is 169 cm³/mol. The van der Waals surface area contributed by atoms with Crippen LogP contribution in [0.1, 0.15) is 84.1 Å². The van der Waals surface area contributed by atoms with E-state index in [0.717, 1.165) is 44.9 Å². The van der Waals surface area contributed by atoms with Crippen LogP contribution < -0.4 is 5.32 Å². The lowest BCUT2D eigenvalue weighted by molar-refractivity contribution is -0.153. The molecule has 228 valence electrons. The highest BCUT2D eigenvalue weighted by atomic mass is 32.2. The number of hydrogen-bond acceptors (Lipinski definition) is 7. The maximum absolute atomic E-state index is 13.2. The molecule has 4 saturated carbocycles. The van der Waals surface area contributed by atoms with Gasteiger partial charge < -0.3 is 9.64 Å². The Kier molecular flexibility index (Phi) is 7.09. The van der Waals surface area contributed by atoms with Crippen molar-refractivity contribution in [3.63, 3.8) is 0 Å². The monoisotopic (exact) mass is 628 g/mol. The van der Waals surface area contributed by atoms with Crippen LogP contribution in [0.3, 0.4) is 0 Å². The number of piperidine rings is 1. The number of carbonyl (C=O) groups excluding carboxylic acids is 4. The molecule has 4 bridgehead atoms. The van der Waals surface area contributed by atoms with Gasteiger partial charge in [0.25, 0.3) is 5.91 Å². The number of thiophene rings is 1. The zero-order valence-corrected chi connectivity index (χ0v) is 26.3. The van der Waals surface area contributed by atoms with Crippen LogP contribution in [0.25, 0.3) is 10.1 Å². The zero-order valence-electron chi connectivity index (χ0n) is 24.6. The Hall–Kier alpha value is -3.17. The van der Waals surface area contributed by atoms with Crippen LogP contribution in [0.5, 0.6) is 0 Å². The van der Waals surface area contributed by atoms with Crippen LogP contribution in [-0.2, 0) is 38.0 Å². The number of amides is 3. The number of thioether (sulfide) groups is 1. The number of ether oxygens (including phenoxy) is 1. The topological polar surface area (TPSA) is 92.8 Å². The second kappa shape index (κ2) is 11.0. The number of carbonyl (C=O) groups is 4. The summed E-state index contributed by atoms with van der Waals surface area (Å²) in [7, 11) is 0. The lowest BCUT2D eigenvalue weighted by atomic mass is 9.49. The molecular formula is C35H36N2O5S2. The van der Waals surface area contributed by atoms with Crippen molar-refractivity contribution in [1.82, 2.24) is 10.2 Å². The Bertz CT molecular complexity index is 1660. The van der Waals surface area contributed by atoms with Gasteiger partial charge in [-0.2, -0.15) is 0 Å². The molecule has 2 aliphatic heterocycles. The standard InChI is InChI=1S/C35H36N2O5S2/c38-31-7-5-28(33(40)36-31)37-17-27-26(34(37)41)2-1-3-30(27)43-19-25-12-24-11-20(4-6-29(24)44-25)18-42-32(39)16-35-13-21-8-22(14-35)10-23(9-21)15-35/h1-4,6,11-12,21-23,28H,5,7-10,13-19H2,(H,36,38,40). The molecule has 3 amide bonds. The first kappa shape index (κ1) is 28.3. The molecule has 0 radical (unpaired) electrons. The van der Waals surface area contributed by atoms with Crippen LogP contribution in [0.15, 0.2) is 47.4 Å². The largest absolute Gasteiger partial charge is 0.461 e. The number of fused-ring (bicyclic) bond motifs is 2. The van der Waals surface area contributed by atoms with E-state index >= 15 is 0 Å². The average molecular weight is 629 g/mol. The summed E-state index contributed by atoms with van der Waals surface area (Å²) in [6.45, 7) is 0.690. The fraction of sp³-hybridized carbons (Fsp3) is 0.486. The molecule has 9 rings (SSSR count). The van der Waals surface area contributed by atoms with Crippen molar-refractivity contribution >= 4 is 56.9 Å². The summed E-state index contributed by atoms with van der Waals surface area (Å²) >= 11 is 3.45. The van der Waals surface area contributed by atoms with Crippen molar-refractivity contribution in [2.45, 2.75) is 87.6 Å². The van der Waals surface area contributed by atoms with Gasteiger partial charge >= 0.3 is 5.97 Å². The fourth-order valence-electron chi connectivity index (χ4n) is 9.18. The van der Waals surface area contributed by atoms with Gasteiger partial charge in [0.05, 0.1) is 6.42 Å². The Morgan fingerprint density at radius 3 is 2.55 bits per heavy atom. The van der Waals surface area contributed by atoms with E-state index in [1.807, 2.05) is 18.2 Å². The van der Waals surface area contributed by atoms with Crippen LogP contribution in [-0.4, -0.2) is 34.6 Å². The summed E-state index contributed by atoms with van der Waals surface area (Å²) in [5.41, 5.74) is 2.80. The van der Waals surface area contributed by atoms with Crippen molar-refractivity contribution in [1.29, 1.82) is 0 Å². The number of nitrogens with zero attached hydrogens (tertiary/aromatic N) is 1. The maximum atomic E-state index is 13.2. The van der Waals surface area contributed by atoms with E-state index in [0.29, 0.717) is 31.6 Å². The number of esters is 1. The zero-order chi connectivity index (χ0) is 30.0. The predicted octanol–water partition coefficient (Wildman–Crippen LogP) is 6.60. The van der Waals surface area contributed by atoms with Gasteiger partial charge in [0.15, 0.2) is 0 Å². The van der Waals surface area contributed by atoms with Gasteiger partial charge in [-0.25, -0.2) is 0 Å². The SMILES string of the molecule is O=C1CCC(N2Cc3c(SCc4cc5cc(COC(=O)CC67CC8CC(CC(C8)C6)C7)ccc5s4)cccc3C2=O)C(=O)N1. The van der Waals surface area contributed by atoms with Gasteiger partial charge in [0, 0.05) is 38.8 Å². The summed E-state index contributed by atoms with van der Waals surface area (Å²) in [6, 6.07) is 13.7. The van der Waals surface area contributed by atoms with Gasteiger partial charge in [-0.1, -0.05) is 12.1 Å². The third-order valence-corrected chi connectivity index (χ3v) is 13.1. The van der Waals surface area contributed by atoms with E-state index in [2.05, 4.69) is 29.6 Å². The molecule has 3 aromatic rings. The minimum atomic E-state index is -0.612. The Labute approximate surface area is 265 Å². The molecule has 3 heterocycles. The molecule has 9 heteroatoms. The summed E-state index contributed by atoms with van der Waals surface area (Å²) < 4.78 is 7.03. The van der Waals surface area contributed by atoms with Crippen molar-refractivity contribution in [2.75, 3.05) is 0 Å². The number of hydrogen-bond donors (Lipinski definition) is 1. The molecule has 1 unspecified atom stereocenters. The van der Waals surface area contributed by atoms with Gasteiger partial charge in [0.1, 0.15) is 12.6 Å². The Morgan fingerprint density at radius 1 is 1.02 bits per heavy atom. The van der Waals surface area contributed by atoms with Crippen LogP contribution >= 0.6 is 23.1 Å². The van der Waals surface area contributed by atoms with Gasteiger partial charge in [-0.05, 0) is 115 Å². The number of imide groups is 1. The molecule has 4 aliphatic carbocycles. The van der Waals surface area contributed by atoms with E-state index < -0.39 is 11.9 Å². The molecule has 1 saturated heterocycles. The molecule has 7 nitrogen and oxygen atoms in total. The van der Waals surface area contributed by atoms with Crippen molar-refractivity contribution in [3.05, 3.63) is 64.0 Å². The van der Waals surface area contributed by atoms with Crippen LogP contribution in [0.4, 0.5) is 0 Å². The summed E-state index contributed by atoms with van der Waals surface area (Å²) in [5, 5.41) is 3.52. The molecule has 44 heavy (non-hydrogen) atoms. The minimum Gasteiger partial charge on any atom is -0.461 e. The molecule has 5 fully saturated rings. The normalized spacial score (nSPS) is 28.9. The van der Waals surface area contributed by atoms with Gasteiger partial charge in [0.2, 0.25) is 11.8 Å². The first-order chi connectivity index (χ1) is 21.3. The van der Waals surface area contributed by atoms with Crippen molar-refractivity contribution in [2.24, 2.45) is 23.2 Å². The highest BCUT2D eigenvalue weighted by Crippen LogP contribution is 2.61. The average Bonchev–Trinajstić information content (AvgIpc) is 3.54. The van der Waals surface area contributed by atoms with E-state index in [-0.39, 0.29) is 29.6 Å². The van der Waals surface area contributed by atoms with E-state index in [1.165, 1.54) is 48.1 Å². The number of rotatable bonds is 8. The van der Waals surface area contributed by atoms with E-state index in [1.54, 1.807) is 28.0 Å². The lowest BCUT2D eigenvalue weighted by Gasteiger charge is -2.56. The third kappa shape index (κ3) is 5.26. The summed E-state index contributed by atoms with van der Waals surface area (Å²) in [5.74, 6) is 2.40. The summed E-state index contributed by atoms with van der Waals surface area (Å²) in [6.07, 6.45) is 8.98. The van der Waals surface area contributed by atoms with E-state index in [9.17, 15) is 19.2 Å². The molecule has 6 aliphatic rings. The first-order valence-corrected chi connectivity index (χ1v) is 17.7. The molecule has 1 atom stereocenters. The van der Waals surface area contributed by atoms with Gasteiger partial charge in [-0.3, -0.25) is 24.5 Å². The molecule has 1 N–H and O–H groups in total. The number of nitrogens with one attached hydrogen (secondary N) is 1. The smallest absolute Gasteiger partial charge is 0.306 e. The third-order valence-electron chi connectivity index (χ3n) is 10.6. The second-order valence-corrected chi connectivity index (χ2v) is 16.0. The number of benzene rings is 2. The van der Waals surface area contributed by atoms with Crippen LogP contribution in [0, 0.1) is 23.2 Å². The van der Waals surface area contributed by atoms with Crippen molar-refractivity contribution in [3.8, 4) is 0 Å². The second-order valence-electron chi connectivity index (χ2n) is 13.8. The maximum Gasteiger partial charge on any atom is 0.306 e. The lowest BCUT2D eigenvalue weighted by Crippen LogP contribution is -2.52. The molecule has 1 aromatic heterocycles. The van der Waals surface area contributed by atoms with Crippen LogP contribution in [0.2, 0.25) is 0 Å². The molecule has 0 spiro atoms. The van der Waals surface area contributed by atoms with E-state index in [4.69, 9.17) is 4.74 Å². The van der Waals surface area contributed by atoms with Gasteiger partial charge in [-0.15, -0.1) is 23.1 Å². The van der Waals surface area contributed by atoms with Crippen molar-refractivity contribution < 1.29 is 23.9 Å². The minimum absolute atomic E-state index is 0.0421. The fourth-order valence-corrected chi connectivity index (χ4v) is 11.3. The Morgan fingerprint density at radius 2 is 1.80 bits per heavy atom. The summed E-state index contributed by atoms with van der Waals surface area (Å²) in [4.78, 5) is 54.0. The first-order valence-electron chi connectivity index (χ1n) is 15.9. The molecule has 2 aromatic carbocycles.